The zero-order chi connectivity index (χ0) is 15.2. The topological polar surface area (TPSA) is 26.3 Å². The Kier molecular flexibility index (Phi) is 5.15. The third-order valence-electron chi connectivity index (χ3n) is 3.26. The van der Waals surface area contributed by atoms with Crippen LogP contribution in [-0.4, -0.2) is 12.4 Å². The van der Waals surface area contributed by atoms with Crippen LogP contribution >= 0.6 is 0 Å². The van der Waals surface area contributed by atoms with Crippen LogP contribution in [-0.2, 0) is 6.42 Å². The summed E-state index contributed by atoms with van der Waals surface area (Å²) >= 11 is 0. The molecule has 0 bridgehead atoms. The smallest absolute Gasteiger partial charge is 0.193 e. The van der Waals surface area contributed by atoms with Crippen molar-refractivity contribution in [2.75, 3.05) is 6.61 Å². The van der Waals surface area contributed by atoms with Gasteiger partial charge in [0.1, 0.15) is 5.75 Å². The van der Waals surface area contributed by atoms with E-state index in [2.05, 4.69) is 19.9 Å². The van der Waals surface area contributed by atoms with Gasteiger partial charge in [0.15, 0.2) is 5.78 Å². The van der Waals surface area contributed by atoms with Crippen molar-refractivity contribution in [1.82, 2.24) is 0 Å². The summed E-state index contributed by atoms with van der Waals surface area (Å²) in [4.78, 5) is 12.5. The van der Waals surface area contributed by atoms with Crippen LogP contribution in [0.1, 0.15) is 42.3 Å². The minimum Gasteiger partial charge on any atom is -0.494 e. The van der Waals surface area contributed by atoms with Gasteiger partial charge in [-0.25, -0.2) is 0 Å². The highest BCUT2D eigenvalue weighted by atomic mass is 16.5. The summed E-state index contributed by atoms with van der Waals surface area (Å²) in [7, 11) is 0. The number of ketones is 1. The standard InChI is InChI=1S/C19H22O2/c1-4-21-18-10-8-16(9-11-18)19(20)17-7-5-6-15(13-17)12-14(2)3/h5-11,13-14H,4,12H2,1-3H3. The van der Waals surface area contributed by atoms with Gasteiger partial charge in [0.05, 0.1) is 6.61 Å². The van der Waals surface area contributed by atoms with Crippen LogP contribution in [0.5, 0.6) is 5.75 Å². The number of hydrogen-bond acceptors (Lipinski definition) is 2. The highest BCUT2D eigenvalue weighted by molar-refractivity contribution is 6.09. The number of carbonyl (C=O) groups is 1. The van der Waals surface area contributed by atoms with Gasteiger partial charge in [-0.1, -0.05) is 32.0 Å². The van der Waals surface area contributed by atoms with E-state index >= 15 is 0 Å². The molecule has 0 aliphatic rings. The Bertz CT molecular complexity index is 597. The molecule has 0 fully saturated rings. The molecule has 0 N–H and O–H groups in total. The molecule has 2 rings (SSSR count). The van der Waals surface area contributed by atoms with Crippen molar-refractivity contribution in [3.8, 4) is 5.75 Å². The highest BCUT2D eigenvalue weighted by Gasteiger charge is 2.10. The molecule has 0 aromatic heterocycles. The van der Waals surface area contributed by atoms with Crippen molar-refractivity contribution >= 4 is 5.78 Å². The van der Waals surface area contributed by atoms with E-state index in [4.69, 9.17) is 4.74 Å². The summed E-state index contributed by atoms with van der Waals surface area (Å²) in [6.45, 7) is 6.94. The fourth-order valence-electron chi connectivity index (χ4n) is 2.35. The van der Waals surface area contributed by atoms with Crippen LogP contribution < -0.4 is 4.74 Å². The van der Waals surface area contributed by atoms with Gasteiger partial charge in [0.2, 0.25) is 0 Å². The minimum absolute atomic E-state index is 0.0589. The molecule has 0 radical (unpaired) electrons. The third-order valence-corrected chi connectivity index (χ3v) is 3.26. The first-order valence-corrected chi connectivity index (χ1v) is 7.46. The second-order valence-electron chi connectivity index (χ2n) is 5.58. The van der Waals surface area contributed by atoms with Crippen molar-refractivity contribution in [2.24, 2.45) is 5.92 Å². The quantitative estimate of drug-likeness (QED) is 0.728. The van der Waals surface area contributed by atoms with Crippen molar-refractivity contribution < 1.29 is 9.53 Å². The Hall–Kier alpha value is -2.09. The molecule has 0 heterocycles. The van der Waals surface area contributed by atoms with E-state index in [0.717, 1.165) is 17.7 Å². The average molecular weight is 282 g/mol. The lowest BCUT2D eigenvalue weighted by Crippen LogP contribution is -2.03. The number of rotatable bonds is 6. The molecule has 0 atom stereocenters. The summed E-state index contributed by atoms with van der Waals surface area (Å²) in [5, 5.41) is 0. The molecule has 0 aliphatic carbocycles. The van der Waals surface area contributed by atoms with E-state index in [0.29, 0.717) is 18.1 Å². The molecule has 0 amide bonds. The number of ether oxygens (including phenoxy) is 1. The number of benzene rings is 2. The Morgan fingerprint density at radius 1 is 1.05 bits per heavy atom. The van der Waals surface area contributed by atoms with Crippen LogP contribution in [0.25, 0.3) is 0 Å². The molecule has 0 unspecified atom stereocenters. The lowest BCUT2D eigenvalue weighted by atomic mass is 9.97. The van der Waals surface area contributed by atoms with Gasteiger partial charge in [-0.3, -0.25) is 4.79 Å². The van der Waals surface area contributed by atoms with Crippen LogP contribution in [0.3, 0.4) is 0 Å². The van der Waals surface area contributed by atoms with Gasteiger partial charge in [-0.2, -0.15) is 0 Å². The van der Waals surface area contributed by atoms with Gasteiger partial charge in [0.25, 0.3) is 0 Å². The monoisotopic (exact) mass is 282 g/mol. The summed E-state index contributed by atoms with van der Waals surface area (Å²) in [5.74, 6) is 1.44. The molecule has 110 valence electrons. The zero-order valence-corrected chi connectivity index (χ0v) is 12.9. The predicted octanol–water partition coefficient (Wildman–Crippen LogP) is 4.51. The molecule has 0 saturated heterocycles. The molecule has 21 heavy (non-hydrogen) atoms. The zero-order valence-electron chi connectivity index (χ0n) is 12.9. The van der Waals surface area contributed by atoms with Gasteiger partial charge < -0.3 is 4.74 Å². The minimum atomic E-state index is 0.0589. The maximum atomic E-state index is 12.5. The van der Waals surface area contributed by atoms with Crippen LogP contribution in [0.2, 0.25) is 0 Å². The Balaban J connectivity index is 2.19. The fraction of sp³-hybridized carbons (Fsp3) is 0.316. The van der Waals surface area contributed by atoms with E-state index in [1.54, 1.807) is 0 Å². The molecule has 0 saturated carbocycles. The molecule has 2 aromatic rings. The maximum Gasteiger partial charge on any atom is 0.193 e. The SMILES string of the molecule is CCOc1ccc(C(=O)c2cccc(CC(C)C)c2)cc1. The molecule has 2 aromatic carbocycles. The third kappa shape index (κ3) is 4.19. The number of hydrogen-bond donors (Lipinski definition) is 0. The van der Waals surface area contributed by atoms with E-state index in [-0.39, 0.29) is 5.78 Å². The first kappa shape index (κ1) is 15.3. The predicted molar refractivity (Wildman–Crippen MR) is 86.0 cm³/mol. The second-order valence-corrected chi connectivity index (χ2v) is 5.58. The van der Waals surface area contributed by atoms with Crippen LogP contribution in [0.15, 0.2) is 48.5 Å². The molecule has 2 heteroatoms. The maximum absolute atomic E-state index is 12.5. The average Bonchev–Trinajstić information content (AvgIpc) is 2.47. The van der Waals surface area contributed by atoms with E-state index in [1.807, 2.05) is 49.4 Å². The lowest BCUT2D eigenvalue weighted by Gasteiger charge is -2.08. The Morgan fingerprint density at radius 3 is 2.38 bits per heavy atom. The van der Waals surface area contributed by atoms with E-state index < -0.39 is 0 Å². The Labute approximate surface area is 126 Å². The van der Waals surface area contributed by atoms with Crippen molar-refractivity contribution in [3.05, 3.63) is 65.2 Å². The van der Waals surface area contributed by atoms with Crippen molar-refractivity contribution in [2.45, 2.75) is 27.2 Å². The summed E-state index contributed by atoms with van der Waals surface area (Å²) in [6, 6.07) is 15.2. The van der Waals surface area contributed by atoms with Gasteiger partial charge in [-0.15, -0.1) is 0 Å². The van der Waals surface area contributed by atoms with Gasteiger partial charge >= 0.3 is 0 Å². The molecule has 2 nitrogen and oxygen atoms in total. The first-order valence-electron chi connectivity index (χ1n) is 7.46. The second kappa shape index (κ2) is 7.07. The lowest BCUT2D eigenvalue weighted by molar-refractivity contribution is 0.103. The van der Waals surface area contributed by atoms with Crippen LogP contribution in [0, 0.1) is 5.92 Å². The molecular weight excluding hydrogens is 260 g/mol. The van der Waals surface area contributed by atoms with Crippen molar-refractivity contribution in [1.29, 1.82) is 0 Å². The molecule has 0 aliphatic heterocycles. The first-order chi connectivity index (χ1) is 10.1. The van der Waals surface area contributed by atoms with E-state index in [1.165, 1.54) is 5.56 Å². The van der Waals surface area contributed by atoms with Crippen molar-refractivity contribution in [3.63, 3.8) is 0 Å². The fourth-order valence-corrected chi connectivity index (χ4v) is 2.35. The molecule has 0 spiro atoms. The van der Waals surface area contributed by atoms with E-state index in [9.17, 15) is 4.79 Å². The van der Waals surface area contributed by atoms with Gasteiger partial charge in [-0.05, 0) is 55.2 Å². The normalized spacial score (nSPS) is 10.7. The summed E-state index contributed by atoms with van der Waals surface area (Å²) in [6.07, 6.45) is 0.990. The molecular formula is C19H22O2. The van der Waals surface area contributed by atoms with Crippen LogP contribution in [0.4, 0.5) is 0 Å². The number of carbonyl (C=O) groups excluding carboxylic acids is 1. The Morgan fingerprint density at radius 2 is 1.76 bits per heavy atom. The van der Waals surface area contributed by atoms with Gasteiger partial charge in [0, 0.05) is 11.1 Å². The summed E-state index contributed by atoms with van der Waals surface area (Å²) in [5.41, 5.74) is 2.65. The highest BCUT2D eigenvalue weighted by Crippen LogP contribution is 2.17. The largest absolute Gasteiger partial charge is 0.494 e. The summed E-state index contributed by atoms with van der Waals surface area (Å²) < 4.78 is 5.40.